The molecule has 0 saturated carbocycles. The molecule has 0 heterocycles. The highest BCUT2D eigenvalue weighted by atomic mass is 32.2. The van der Waals surface area contributed by atoms with E-state index < -0.39 is 47.4 Å². The van der Waals surface area contributed by atoms with Gasteiger partial charge in [-0.15, -0.1) is 13.2 Å². The molecule has 0 amide bonds. The lowest BCUT2D eigenvalue weighted by atomic mass is 9.95. The molecule has 0 saturated heterocycles. The van der Waals surface area contributed by atoms with Crippen LogP contribution in [0.15, 0.2) is 176 Å². The van der Waals surface area contributed by atoms with Crippen LogP contribution in [0.2, 0.25) is 0 Å². The number of methoxy groups -OCH3 is 1. The van der Waals surface area contributed by atoms with Crippen molar-refractivity contribution in [1.82, 2.24) is 4.31 Å². The fourth-order valence-electron chi connectivity index (χ4n) is 5.76. The number of nitrogens with zero attached hydrogens (tertiary/aromatic N) is 1. The quantitative estimate of drug-likeness (QED) is 0.0568. The molecule has 0 bridgehead atoms. The van der Waals surface area contributed by atoms with Crippen molar-refractivity contribution in [3.05, 3.63) is 176 Å². The van der Waals surface area contributed by atoms with E-state index in [1.807, 2.05) is 6.07 Å². The molecule has 0 aliphatic heterocycles. The average molecular weight is 792 g/mol. The van der Waals surface area contributed by atoms with Crippen LogP contribution < -0.4 is 20.7 Å². The number of allylic oxidation sites excluding steroid dienone is 1. The zero-order valence-corrected chi connectivity index (χ0v) is 34.1. The Hall–Kier alpha value is -5.34. The van der Waals surface area contributed by atoms with Gasteiger partial charge in [-0.3, -0.25) is 9.59 Å². The van der Waals surface area contributed by atoms with E-state index in [4.69, 9.17) is 14.2 Å². The van der Waals surface area contributed by atoms with E-state index in [-0.39, 0.29) is 24.5 Å². The van der Waals surface area contributed by atoms with Crippen LogP contribution in [0.3, 0.4) is 0 Å². The van der Waals surface area contributed by atoms with Gasteiger partial charge in [0, 0.05) is 6.54 Å². The normalized spacial score (nSPS) is 12.4. The first-order valence-corrected chi connectivity index (χ1v) is 20.9. The fraction of sp³-hybridized carbons (Fsp3) is 0.217. The van der Waals surface area contributed by atoms with Gasteiger partial charge < -0.3 is 14.2 Å². The molecule has 10 heteroatoms. The number of sulfonamides is 1. The highest BCUT2D eigenvalue weighted by molar-refractivity contribution is 7.89. The summed E-state index contributed by atoms with van der Waals surface area (Å²) in [7, 11) is -3.27. The molecule has 292 valence electrons. The molecule has 0 spiro atoms. The minimum Gasteiger partial charge on any atom is -0.497 e. The number of benzene rings is 5. The number of carbonyl (C=O) groups is 2. The Bertz CT molecular complexity index is 2000. The standard InChI is InChI=1S/C28H35NO7S.C18H15P/c1-7-12-24(26(30)35-20-21-13-10-9-11-14-21)25(27(31)36-28(3,4)5)29(19-8-2)37(32,33)23-17-15-22(34-6)16-18-23;1-4-10-16(11-5-1)19(17-12-6-2-7-13-17)18-14-8-3-9-15-18/h7-11,13-18,24-25H,1-2,12,19-20H2,3-6H3;1-15H. The van der Waals surface area contributed by atoms with Gasteiger partial charge in [0.1, 0.15) is 24.0 Å². The number of carbonyl (C=O) groups excluding carboxylic acids is 2. The second kappa shape index (κ2) is 21.1. The van der Waals surface area contributed by atoms with Crippen LogP contribution in [-0.4, -0.2) is 50.0 Å². The molecular formula is C46H50NO7PS. The molecule has 56 heavy (non-hydrogen) atoms. The lowest BCUT2D eigenvalue weighted by Gasteiger charge is -2.34. The summed E-state index contributed by atoms with van der Waals surface area (Å²) in [6.07, 6.45) is 2.76. The van der Waals surface area contributed by atoms with Crippen molar-refractivity contribution in [1.29, 1.82) is 0 Å². The monoisotopic (exact) mass is 791 g/mol. The van der Waals surface area contributed by atoms with Gasteiger partial charge in [0.05, 0.1) is 17.9 Å². The van der Waals surface area contributed by atoms with Crippen molar-refractivity contribution in [2.75, 3.05) is 13.7 Å². The molecule has 0 aliphatic carbocycles. The maximum atomic E-state index is 13.8. The third kappa shape index (κ3) is 12.3. The summed E-state index contributed by atoms with van der Waals surface area (Å²) in [5, 5.41) is 4.19. The van der Waals surface area contributed by atoms with Gasteiger partial charge in [0.2, 0.25) is 10.0 Å². The summed E-state index contributed by atoms with van der Waals surface area (Å²) < 4.78 is 44.8. The predicted octanol–water partition coefficient (Wildman–Crippen LogP) is 7.96. The first kappa shape index (κ1) is 43.4. The second-order valence-corrected chi connectivity index (χ2v) is 17.7. The second-order valence-electron chi connectivity index (χ2n) is 13.6. The SMILES string of the molecule is C=CCC(C(=O)OCc1ccccc1)C(C(=O)OC(C)(C)C)N(CC=C)S(=O)(=O)c1ccc(OC)cc1.c1ccc(P(c2ccccc2)c2ccccc2)cc1. The summed E-state index contributed by atoms with van der Waals surface area (Å²) in [4.78, 5) is 26.8. The third-order valence-electron chi connectivity index (χ3n) is 8.31. The van der Waals surface area contributed by atoms with Crippen molar-refractivity contribution in [2.45, 2.75) is 50.3 Å². The fourth-order valence-corrected chi connectivity index (χ4v) is 9.65. The highest BCUT2D eigenvalue weighted by Crippen LogP contribution is 2.32. The van der Waals surface area contributed by atoms with Gasteiger partial charge in [-0.05, 0) is 80.9 Å². The van der Waals surface area contributed by atoms with E-state index in [2.05, 4.69) is 104 Å². The van der Waals surface area contributed by atoms with Gasteiger partial charge in [-0.1, -0.05) is 133 Å². The minimum atomic E-state index is -4.29. The van der Waals surface area contributed by atoms with E-state index in [0.29, 0.717) is 5.75 Å². The average Bonchev–Trinajstić information content (AvgIpc) is 3.20. The number of ether oxygens (including phenoxy) is 3. The van der Waals surface area contributed by atoms with E-state index in [9.17, 15) is 18.0 Å². The highest BCUT2D eigenvalue weighted by Gasteiger charge is 2.45. The van der Waals surface area contributed by atoms with Gasteiger partial charge in [0.25, 0.3) is 0 Å². The predicted molar refractivity (Wildman–Crippen MR) is 226 cm³/mol. The van der Waals surface area contributed by atoms with Crippen molar-refractivity contribution in [3.63, 3.8) is 0 Å². The van der Waals surface area contributed by atoms with Crippen molar-refractivity contribution in [3.8, 4) is 5.75 Å². The summed E-state index contributed by atoms with van der Waals surface area (Å²) in [6, 6.07) is 45.5. The molecule has 0 radical (unpaired) electrons. The van der Waals surface area contributed by atoms with Gasteiger partial charge >= 0.3 is 11.9 Å². The van der Waals surface area contributed by atoms with Crippen LogP contribution >= 0.6 is 7.92 Å². The van der Waals surface area contributed by atoms with E-state index >= 15 is 0 Å². The summed E-state index contributed by atoms with van der Waals surface area (Å²) in [5.41, 5.74) is -0.193. The molecule has 0 N–H and O–H groups in total. The largest absolute Gasteiger partial charge is 0.497 e. The molecule has 5 aromatic rings. The number of rotatable bonds is 16. The lowest BCUT2D eigenvalue weighted by Crippen LogP contribution is -2.53. The molecule has 5 aromatic carbocycles. The Kier molecular flexibility index (Phi) is 16.3. The molecule has 0 fully saturated rings. The van der Waals surface area contributed by atoms with Crippen molar-refractivity contribution >= 4 is 45.8 Å². The number of esters is 2. The van der Waals surface area contributed by atoms with Crippen LogP contribution in [0.25, 0.3) is 0 Å². The van der Waals surface area contributed by atoms with Gasteiger partial charge in [-0.25, -0.2) is 8.42 Å². The Morgan fingerprint density at radius 3 is 1.57 bits per heavy atom. The molecule has 2 unspecified atom stereocenters. The Balaban J connectivity index is 0.000000303. The maximum absolute atomic E-state index is 13.8. The smallest absolute Gasteiger partial charge is 0.325 e. The van der Waals surface area contributed by atoms with Gasteiger partial charge in [-0.2, -0.15) is 4.31 Å². The first-order valence-electron chi connectivity index (χ1n) is 18.2. The van der Waals surface area contributed by atoms with E-state index in [1.54, 1.807) is 45.0 Å². The Morgan fingerprint density at radius 2 is 1.16 bits per heavy atom. The van der Waals surface area contributed by atoms with Crippen molar-refractivity contribution in [2.24, 2.45) is 5.92 Å². The summed E-state index contributed by atoms with van der Waals surface area (Å²) in [6.45, 7) is 12.1. The maximum Gasteiger partial charge on any atom is 0.325 e. The zero-order chi connectivity index (χ0) is 40.6. The first-order chi connectivity index (χ1) is 26.9. The zero-order valence-electron chi connectivity index (χ0n) is 32.4. The van der Waals surface area contributed by atoms with Crippen LogP contribution in [-0.2, 0) is 35.7 Å². The molecule has 5 rings (SSSR count). The molecule has 2 atom stereocenters. The summed E-state index contributed by atoms with van der Waals surface area (Å²) in [5.74, 6) is -2.38. The van der Waals surface area contributed by atoms with E-state index in [1.165, 1.54) is 59.4 Å². The van der Waals surface area contributed by atoms with Gasteiger partial charge in [0.15, 0.2) is 0 Å². The third-order valence-corrected chi connectivity index (χ3v) is 12.6. The van der Waals surface area contributed by atoms with Crippen molar-refractivity contribution < 1.29 is 32.2 Å². The van der Waals surface area contributed by atoms with Crippen LogP contribution in [0.1, 0.15) is 32.8 Å². The summed E-state index contributed by atoms with van der Waals surface area (Å²) >= 11 is 0. The number of hydrogen-bond donors (Lipinski definition) is 0. The number of hydrogen-bond acceptors (Lipinski definition) is 7. The minimum absolute atomic E-state index is 0.0245. The lowest BCUT2D eigenvalue weighted by molar-refractivity contribution is -0.168. The molecule has 0 aliphatic rings. The Morgan fingerprint density at radius 1 is 0.696 bits per heavy atom. The van der Waals surface area contributed by atoms with Crippen LogP contribution in [0.4, 0.5) is 0 Å². The molecular weight excluding hydrogens is 742 g/mol. The van der Waals surface area contributed by atoms with Crippen LogP contribution in [0.5, 0.6) is 5.75 Å². The van der Waals surface area contributed by atoms with Crippen LogP contribution in [0, 0.1) is 5.92 Å². The topological polar surface area (TPSA) is 99.2 Å². The molecule has 8 nitrogen and oxygen atoms in total. The Labute approximate surface area is 333 Å². The molecule has 0 aromatic heterocycles. The van der Waals surface area contributed by atoms with E-state index in [0.717, 1.165) is 9.87 Å².